The zero-order chi connectivity index (χ0) is 32.7. The first kappa shape index (κ1) is 29.6. The molecule has 0 atom stereocenters. The number of ether oxygens (including phenoxy) is 1. The minimum Gasteiger partial charge on any atom is -0.457 e. The molecule has 8 rings (SSSR count). The Morgan fingerprint density at radius 2 is 1.29 bits per heavy atom. The molecule has 236 valence electrons. The monoisotopic (exact) mass is 626 g/mol. The molecule has 0 saturated carbocycles. The Morgan fingerprint density at radius 3 is 2.00 bits per heavy atom. The van der Waals surface area contributed by atoms with E-state index in [2.05, 4.69) is 181 Å². The van der Waals surface area contributed by atoms with E-state index in [0.717, 1.165) is 40.6 Å². The fraction of sp³-hybridized carbons (Fsp3) is 0.140. The summed E-state index contributed by atoms with van der Waals surface area (Å²) < 4.78 is 9.00. The van der Waals surface area contributed by atoms with Crippen LogP contribution in [-0.2, 0) is 5.54 Å². The van der Waals surface area contributed by atoms with Crippen molar-refractivity contribution >= 4 is 21.8 Å². The maximum absolute atomic E-state index is 6.75. The third kappa shape index (κ3) is 4.99. The van der Waals surface area contributed by atoms with Gasteiger partial charge in [-0.3, -0.25) is 4.57 Å². The highest BCUT2D eigenvalue weighted by atomic mass is 16.5. The zero-order valence-electron chi connectivity index (χ0n) is 27.5. The second-order valence-electron chi connectivity index (χ2n) is 12.9. The summed E-state index contributed by atoms with van der Waals surface area (Å²) in [6.07, 6.45) is 6.25. The minimum atomic E-state index is -0.577. The Balaban J connectivity index is 1.26. The summed E-state index contributed by atoms with van der Waals surface area (Å²) in [5.74, 6) is 2.86. The van der Waals surface area contributed by atoms with Gasteiger partial charge in [0, 0.05) is 42.5 Å². The van der Waals surface area contributed by atoms with Crippen LogP contribution < -0.4 is 4.74 Å². The third-order valence-corrected chi connectivity index (χ3v) is 9.49. The predicted molar refractivity (Wildman–Crippen MR) is 196 cm³/mol. The molecule has 7 aromatic rings. The van der Waals surface area contributed by atoms with Gasteiger partial charge in [0.2, 0.25) is 0 Å². The average Bonchev–Trinajstić information content (AvgIpc) is 3.70. The van der Waals surface area contributed by atoms with Crippen molar-refractivity contribution in [3.05, 3.63) is 180 Å². The van der Waals surface area contributed by atoms with Crippen molar-refractivity contribution in [1.82, 2.24) is 19.4 Å². The molecule has 0 radical (unpaired) electrons. The van der Waals surface area contributed by atoms with Crippen LogP contribution in [-0.4, -0.2) is 33.1 Å². The maximum atomic E-state index is 6.75. The first-order chi connectivity index (χ1) is 23.5. The van der Waals surface area contributed by atoms with Crippen LogP contribution in [0.25, 0.3) is 27.6 Å². The van der Waals surface area contributed by atoms with E-state index in [1.54, 1.807) is 0 Å². The van der Waals surface area contributed by atoms with E-state index < -0.39 is 5.54 Å². The molecule has 0 fully saturated rings. The molecule has 0 saturated heterocycles. The molecule has 0 aliphatic carbocycles. The molecule has 0 unspecified atom stereocenters. The molecule has 0 N–H and O–H groups in total. The van der Waals surface area contributed by atoms with Gasteiger partial charge in [-0.1, -0.05) is 105 Å². The highest BCUT2D eigenvalue weighted by Gasteiger charge is 2.42. The van der Waals surface area contributed by atoms with Crippen LogP contribution in [0.2, 0.25) is 0 Å². The van der Waals surface area contributed by atoms with E-state index >= 15 is 0 Å². The van der Waals surface area contributed by atoms with Gasteiger partial charge in [0.25, 0.3) is 0 Å². The SMILES string of the molecule is CC(C)c1ccnc(-n2c3ccccc3c3ccc(Oc4cccc(C(c5ccccc5)(c5ccccc5)N5C=CN(C)C5)c4)cc32)c1. The second kappa shape index (κ2) is 12.1. The topological polar surface area (TPSA) is 33.5 Å². The first-order valence-electron chi connectivity index (χ1n) is 16.6. The highest BCUT2D eigenvalue weighted by Crippen LogP contribution is 2.45. The summed E-state index contributed by atoms with van der Waals surface area (Å²) in [4.78, 5) is 9.45. The normalized spacial score (nSPS) is 13.2. The molecule has 3 heterocycles. The smallest absolute Gasteiger partial charge is 0.137 e. The number of para-hydroxylation sites is 1. The zero-order valence-corrected chi connectivity index (χ0v) is 27.5. The van der Waals surface area contributed by atoms with E-state index in [4.69, 9.17) is 9.72 Å². The Labute approximate surface area is 282 Å². The molecule has 0 spiro atoms. The molecule has 0 amide bonds. The van der Waals surface area contributed by atoms with Crippen molar-refractivity contribution in [3.8, 4) is 17.3 Å². The molecule has 5 nitrogen and oxygen atoms in total. The van der Waals surface area contributed by atoms with Gasteiger partial charge in [0.1, 0.15) is 22.9 Å². The standard InChI is InChI=1S/C43H38N4O/c1-31(2)32-23-24-44-42(27-32)47-40-20-11-10-19-38(40)39-22-21-37(29-41(39)47)48-36-18-12-17-35(28-36)43(33-13-6-4-7-14-33,34-15-8-5-9-16-34)46-26-25-45(3)30-46/h4-29,31H,30H2,1-3H3. The van der Waals surface area contributed by atoms with Gasteiger partial charge in [0.05, 0.1) is 17.7 Å². The van der Waals surface area contributed by atoms with Crippen LogP contribution in [0.4, 0.5) is 0 Å². The third-order valence-electron chi connectivity index (χ3n) is 9.49. The van der Waals surface area contributed by atoms with E-state index in [1.807, 2.05) is 12.3 Å². The molecule has 1 aliphatic heterocycles. The van der Waals surface area contributed by atoms with Crippen molar-refractivity contribution in [2.75, 3.05) is 13.7 Å². The lowest BCUT2D eigenvalue weighted by atomic mass is 9.76. The maximum Gasteiger partial charge on any atom is 0.137 e. The number of aromatic nitrogens is 2. The highest BCUT2D eigenvalue weighted by molar-refractivity contribution is 6.09. The van der Waals surface area contributed by atoms with Crippen LogP contribution in [0.1, 0.15) is 42.0 Å². The number of hydrogen-bond acceptors (Lipinski definition) is 4. The van der Waals surface area contributed by atoms with Crippen molar-refractivity contribution in [2.45, 2.75) is 25.3 Å². The summed E-state index contributed by atoms with van der Waals surface area (Å²) in [6, 6.07) is 49.3. The van der Waals surface area contributed by atoms with E-state index in [1.165, 1.54) is 27.5 Å². The summed E-state index contributed by atoms with van der Waals surface area (Å²) in [5.41, 5.74) is 6.38. The minimum absolute atomic E-state index is 0.404. The van der Waals surface area contributed by atoms with Crippen molar-refractivity contribution in [3.63, 3.8) is 0 Å². The summed E-state index contributed by atoms with van der Waals surface area (Å²) in [7, 11) is 2.11. The number of rotatable bonds is 8. The molecule has 0 bridgehead atoms. The first-order valence-corrected chi connectivity index (χ1v) is 16.6. The number of hydrogen-bond donors (Lipinski definition) is 0. The molecule has 5 aromatic carbocycles. The summed E-state index contributed by atoms with van der Waals surface area (Å²) in [6.45, 7) is 5.18. The molecule has 48 heavy (non-hydrogen) atoms. The second-order valence-corrected chi connectivity index (χ2v) is 12.9. The fourth-order valence-electron chi connectivity index (χ4n) is 7.20. The van der Waals surface area contributed by atoms with Gasteiger partial charge in [0.15, 0.2) is 0 Å². The van der Waals surface area contributed by atoms with Crippen LogP contribution in [0, 0.1) is 0 Å². The van der Waals surface area contributed by atoms with Gasteiger partial charge >= 0.3 is 0 Å². The molecule has 2 aromatic heterocycles. The van der Waals surface area contributed by atoms with E-state index in [9.17, 15) is 0 Å². The van der Waals surface area contributed by atoms with Gasteiger partial charge in [-0.15, -0.1) is 0 Å². The van der Waals surface area contributed by atoms with Crippen LogP contribution in [0.3, 0.4) is 0 Å². The number of nitrogens with zero attached hydrogens (tertiary/aromatic N) is 4. The van der Waals surface area contributed by atoms with Crippen LogP contribution in [0.15, 0.2) is 158 Å². The predicted octanol–water partition coefficient (Wildman–Crippen LogP) is 10.1. The van der Waals surface area contributed by atoms with Gasteiger partial charge < -0.3 is 14.5 Å². The van der Waals surface area contributed by atoms with Gasteiger partial charge in [-0.25, -0.2) is 4.98 Å². The lowest BCUT2D eigenvalue weighted by Crippen LogP contribution is -2.46. The number of fused-ring (bicyclic) bond motifs is 3. The molecular formula is C43H38N4O. The van der Waals surface area contributed by atoms with E-state index in [-0.39, 0.29) is 0 Å². The van der Waals surface area contributed by atoms with Gasteiger partial charge in [-0.05, 0) is 70.6 Å². The fourth-order valence-corrected chi connectivity index (χ4v) is 7.20. The Hall–Kier alpha value is -5.81. The van der Waals surface area contributed by atoms with E-state index in [0.29, 0.717) is 5.92 Å². The Bertz CT molecular complexity index is 2210. The number of pyridine rings is 1. The molecule has 1 aliphatic rings. The lowest BCUT2D eigenvalue weighted by Gasteiger charge is -2.44. The summed E-state index contributed by atoms with van der Waals surface area (Å²) in [5, 5.41) is 2.36. The molecule has 5 heteroatoms. The Morgan fingerprint density at radius 1 is 0.625 bits per heavy atom. The molecular weight excluding hydrogens is 589 g/mol. The van der Waals surface area contributed by atoms with Crippen molar-refractivity contribution < 1.29 is 4.74 Å². The van der Waals surface area contributed by atoms with Gasteiger partial charge in [-0.2, -0.15) is 0 Å². The lowest BCUT2D eigenvalue weighted by molar-refractivity contribution is 0.194. The van der Waals surface area contributed by atoms with Crippen LogP contribution in [0.5, 0.6) is 11.5 Å². The van der Waals surface area contributed by atoms with Crippen molar-refractivity contribution in [2.24, 2.45) is 0 Å². The average molecular weight is 627 g/mol. The quantitative estimate of drug-likeness (QED) is 0.157. The number of benzene rings is 5. The van der Waals surface area contributed by atoms with Crippen LogP contribution >= 0.6 is 0 Å². The Kier molecular flexibility index (Phi) is 7.45. The summed E-state index contributed by atoms with van der Waals surface area (Å²) >= 11 is 0. The largest absolute Gasteiger partial charge is 0.457 e. The van der Waals surface area contributed by atoms with Crippen molar-refractivity contribution in [1.29, 1.82) is 0 Å².